The van der Waals surface area contributed by atoms with E-state index < -0.39 is 10.0 Å². The third kappa shape index (κ3) is 5.00. The molecule has 0 bridgehead atoms. The zero-order chi connectivity index (χ0) is 20.1. The molecule has 3 rings (SSSR count). The third-order valence-electron chi connectivity index (χ3n) is 5.38. The smallest absolute Gasteiger partial charge is 0.243 e. The summed E-state index contributed by atoms with van der Waals surface area (Å²) in [4.78, 5) is 12.7. The molecule has 1 unspecified atom stereocenters. The fourth-order valence-electron chi connectivity index (χ4n) is 3.60. The summed E-state index contributed by atoms with van der Waals surface area (Å²) in [5.74, 6) is 0.239. The number of benzene rings is 2. The van der Waals surface area contributed by atoms with Crippen molar-refractivity contribution >= 4 is 15.9 Å². The molecule has 0 aliphatic carbocycles. The molecule has 5 nitrogen and oxygen atoms in total. The van der Waals surface area contributed by atoms with Gasteiger partial charge in [0.25, 0.3) is 0 Å². The average Bonchev–Trinajstić information content (AvgIpc) is 2.69. The Kier molecular flexibility index (Phi) is 6.52. The highest BCUT2D eigenvalue weighted by molar-refractivity contribution is 7.89. The summed E-state index contributed by atoms with van der Waals surface area (Å²) in [5, 5.41) is 3.05. The van der Waals surface area contributed by atoms with E-state index in [1.54, 1.807) is 16.4 Å². The first-order valence-electron chi connectivity index (χ1n) is 9.77. The number of sulfonamides is 1. The van der Waals surface area contributed by atoms with E-state index in [1.807, 2.05) is 56.3 Å². The van der Waals surface area contributed by atoms with E-state index in [0.29, 0.717) is 37.2 Å². The van der Waals surface area contributed by atoms with Gasteiger partial charge in [0.2, 0.25) is 15.9 Å². The van der Waals surface area contributed by atoms with Gasteiger partial charge in [-0.1, -0.05) is 48.0 Å². The van der Waals surface area contributed by atoms with Gasteiger partial charge in [0.05, 0.1) is 10.9 Å². The van der Waals surface area contributed by atoms with Crippen LogP contribution in [0.25, 0.3) is 0 Å². The number of carbonyl (C=O) groups is 1. The minimum Gasteiger partial charge on any atom is -0.350 e. The molecule has 2 aromatic carbocycles. The molecule has 1 N–H and O–H groups in total. The first-order chi connectivity index (χ1) is 13.4. The molecule has 2 aromatic rings. The topological polar surface area (TPSA) is 66.5 Å². The maximum absolute atomic E-state index is 12.8. The molecule has 1 fully saturated rings. The molecule has 0 spiro atoms. The lowest BCUT2D eigenvalue weighted by Crippen LogP contribution is -2.39. The van der Waals surface area contributed by atoms with E-state index in [9.17, 15) is 13.2 Å². The Morgan fingerprint density at radius 1 is 1.07 bits per heavy atom. The fourth-order valence-corrected chi connectivity index (χ4v) is 5.07. The number of nitrogens with zero attached hydrogens (tertiary/aromatic N) is 1. The molecule has 1 aliphatic rings. The van der Waals surface area contributed by atoms with Crippen molar-refractivity contribution in [3.8, 4) is 0 Å². The van der Waals surface area contributed by atoms with Gasteiger partial charge in [-0.05, 0) is 50.3 Å². The predicted molar refractivity (Wildman–Crippen MR) is 110 cm³/mol. The molecule has 1 atom stereocenters. The molecule has 6 heteroatoms. The zero-order valence-corrected chi connectivity index (χ0v) is 17.3. The molecule has 0 aromatic heterocycles. The normalized spacial score (nSPS) is 17.2. The van der Waals surface area contributed by atoms with Crippen LogP contribution in [0.3, 0.4) is 0 Å². The quantitative estimate of drug-likeness (QED) is 0.805. The maximum atomic E-state index is 12.8. The Balaban J connectivity index is 1.51. The van der Waals surface area contributed by atoms with Crippen molar-refractivity contribution in [3.05, 3.63) is 65.7 Å². The Hall–Kier alpha value is -2.18. The van der Waals surface area contributed by atoms with Crippen LogP contribution in [0.4, 0.5) is 0 Å². The highest BCUT2D eigenvalue weighted by Crippen LogP contribution is 2.26. The number of amides is 1. The van der Waals surface area contributed by atoms with Crippen LogP contribution in [0.2, 0.25) is 0 Å². The Morgan fingerprint density at radius 3 is 2.29 bits per heavy atom. The number of aryl methyl sites for hydroxylation is 1. The van der Waals surface area contributed by atoms with Gasteiger partial charge < -0.3 is 5.32 Å². The second kappa shape index (κ2) is 8.88. The maximum Gasteiger partial charge on any atom is 0.243 e. The van der Waals surface area contributed by atoms with E-state index in [4.69, 9.17) is 0 Å². The Labute approximate surface area is 167 Å². The molecule has 1 saturated heterocycles. The van der Waals surface area contributed by atoms with Crippen LogP contribution in [0.1, 0.15) is 43.4 Å². The zero-order valence-electron chi connectivity index (χ0n) is 16.5. The third-order valence-corrected chi connectivity index (χ3v) is 7.30. The summed E-state index contributed by atoms with van der Waals surface area (Å²) in [5.41, 5.74) is 2.11. The number of hydrogen-bond acceptors (Lipinski definition) is 3. The van der Waals surface area contributed by atoms with Crippen LogP contribution in [-0.4, -0.2) is 31.7 Å². The van der Waals surface area contributed by atoms with Gasteiger partial charge in [-0.25, -0.2) is 8.42 Å². The van der Waals surface area contributed by atoms with Crippen molar-refractivity contribution in [2.75, 3.05) is 13.1 Å². The Bertz CT molecular complexity index is 887. The van der Waals surface area contributed by atoms with Crippen molar-refractivity contribution in [1.29, 1.82) is 0 Å². The minimum absolute atomic E-state index is 0.0243. The van der Waals surface area contributed by atoms with Crippen molar-refractivity contribution in [2.24, 2.45) is 5.92 Å². The number of nitrogens with one attached hydrogen (secondary N) is 1. The van der Waals surface area contributed by atoms with E-state index in [-0.39, 0.29) is 17.9 Å². The number of piperidine rings is 1. The van der Waals surface area contributed by atoms with Gasteiger partial charge in [-0.2, -0.15) is 4.31 Å². The fraction of sp³-hybridized carbons (Fsp3) is 0.409. The molecule has 1 amide bonds. The lowest BCUT2D eigenvalue weighted by atomic mass is 9.94. The summed E-state index contributed by atoms with van der Waals surface area (Å²) in [6, 6.07) is 16.8. The Morgan fingerprint density at radius 2 is 1.68 bits per heavy atom. The highest BCUT2D eigenvalue weighted by Gasteiger charge is 2.30. The molecule has 1 aliphatic heterocycles. The van der Waals surface area contributed by atoms with Crippen LogP contribution in [-0.2, 0) is 14.8 Å². The second-order valence-corrected chi connectivity index (χ2v) is 9.50. The average molecular weight is 401 g/mol. The van der Waals surface area contributed by atoms with E-state index in [0.717, 1.165) is 11.1 Å². The van der Waals surface area contributed by atoms with Crippen LogP contribution in [0.15, 0.2) is 59.5 Å². The number of carbonyl (C=O) groups excluding carboxylic acids is 1. The molecular formula is C22H28N2O3S. The lowest BCUT2D eigenvalue weighted by Gasteiger charge is -2.31. The minimum atomic E-state index is -3.45. The lowest BCUT2D eigenvalue weighted by molar-refractivity contribution is -0.122. The monoisotopic (exact) mass is 400 g/mol. The molecule has 150 valence electrons. The van der Waals surface area contributed by atoms with Crippen molar-refractivity contribution in [2.45, 2.75) is 44.0 Å². The predicted octanol–water partition coefficient (Wildman–Crippen LogP) is 3.66. The summed E-state index contributed by atoms with van der Waals surface area (Å²) in [7, 11) is -3.45. The molecule has 0 radical (unpaired) electrons. The van der Waals surface area contributed by atoms with Gasteiger partial charge in [0.15, 0.2) is 0 Å². The SMILES string of the molecule is Cc1ccc(S(=O)(=O)N2CCC(CC(=O)NC(C)c3ccccc3)CC2)cc1. The largest absolute Gasteiger partial charge is 0.350 e. The number of hydrogen-bond donors (Lipinski definition) is 1. The van der Waals surface area contributed by atoms with E-state index >= 15 is 0 Å². The van der Waals surface area contributed by atoms with Crippen molar-refractivity contribution < 1.29 is 13.2 Å². The van der Waals surface area contributed by atoms with Crippen LogP contribution < -0.4 is 5.32 Å². The second-order valence-electron chi connectivity index (χ2n) is 7.56. The van der Waals surface area contributed by atoms with Gasteiger partial charge in [0.1, 0.15) is 0 Å². The summed E-state index contributed by atoms with van der Waals surface area (Å²) in [6.07, 6.45) is 1.85. The number of rotatable bonds is 6. The molecule has 0 saturated carbocycles. The van der Waals surface area contributed by atoms with Gasteiger partial charge in [-0.3, -0.25) is 4.79 Å². The first kappa shape index (κ1) is 20.6. The van der Waals surface area contributed by atoms with Crippen LogP contribution >= 0.6 is 0 Å². The van der Waals surface area contributed by atoms with Gasteiger partial charge in [-0.15, -0.1) is 0 Å². The standard InChI is InChI=1S/C22H28N2O3S/c1-17-8-10-21(11-9-17)28(26,27)24-14-12-19(13-15-24)16-22(25)23-18(2)20-6-4-3-5-7-20/h3-11,18-19H,12-16H2,1-2H3,(H,23,25). The van der Waals surface area contributed by atoms with Crippen molar-refractivity contribution in [3.63, 3.8) is 0 Å². The van der Waals surface area contributed by atoms with Crippen LogP contribution in [0.5, 0.6) is 0 Å². The molecule has 1 heterocycles. The van der Waals surface area contributed by atoms with E-state index in [2.05, 4.69) is 5.32 Å². The van der Waals surface area contributed by atoms with Crippen LogP contribution in [0, 0.1) is 12.8 Å². The van der Waals surface area contributed by atoms with Crippen molar-refractivity contribution in [1.82, 2.24) is 9.62 Å². The summed E-state index contributed by atoms with van der Waals surface area (Å²) >= 11 is 0. The molecule has 28 heavy (non-hydrogen) atoms. The molecular weight excluding hydrogens is 372 g/mol. The van der Waals surface area contributed by atoms with Gasteiger partial charge in [0, 0.05) is 19.5 Å². The summed E-state index contributed by atoms with van der Waals surface area (Å²) < 4.78 is 27.1. The summed E-state index contributed by atoms with van der Waals surface area (Å²) in [6.45, 7) is 4.83. The first-order valence-corrected chi connectivity index (χ1v) is 11.2. The highest BCUT2D eigenvalue weighted by atomic mass is 32.2. The van der Waals surface area contributed by atoms with Gasteiger partial charge >= 0.3 is 0 Å². The van der Waals surface area contributed by atoms with E-state index in [1.165, 1.54) is 0 Å².